The van der Waals surface area contributed by atoms with Crippen LogP contribution in [0.5, 0.6) is 0 Å². The third-order valence-electron chi connectivity index (χ3n) is 5.24. The summed E-state index contributed by atoms with van der Waals surface area (Å²) in [6.45, 7) is 3.62. The standard InChI is InChI=1S/C24H18ClN5O3S/c1-13-5-3-6-15(9-13)21-28-22(33-29-21)20-14(2)19-23(34-20)26-12-30(24(19)32)11-18(31)27-17-8-4-7-16(25)10-17/h3-10,12H,11H2,1-2H3,(H,27,31). The molecule has 0 atom stereocenters. The van der Waals surface area contributed by atoms with Crippen molar-refractivity contribution in [3.63, 3.8) is 0 Å². The average Bonchev–Trinajstić information content (AvgIpc) is 3.41. The first-order valence-electron chi connectivity index (χ1n) is 10.3. The van der Waals surface area contributed by atoms with Crippen LogP contribution in [-0.4, -0.2) is 25.6 Å². The van der Waals surface area contributed by atoms with E-state index < -0.39 is 0 Å². The maximum Gasteiger partial charge on any atom is 0.268 e. The van der Waals surface area contributed by atoms with Gasteiger partial charge in [-0.2, -0.15) is 4.98 Å². The van der Waals surface area contributed by atoms with E-state index >= 15 is 0 Å². The van der Waals surface area contributed by atoms with Crippen molar-refractivity contribution in [2.75, 3.05) is 5.32 Å². The molecule has 0 radical (unpaired) electrons. The van der Waals surface area contributed by atoms with Crippen molar-refractivity contribution in [1.82, 2.24) is 19.7 Å². The summed E-state index contributed by atoms with van der Waals surface area (Å²) in [6.07, 6.45) is 1.37. The number of aromatic nitrogens is 4. The molecule has 170 valence electrons. The number of anilines is 1. The van der Waals surface area contributed by atoms with Gasteiger partial charge >= 0.3 is 0 Å². The zero-order valence-electron chi connectivity index (χ0n) is 18.2. The van der Waals surface area contributed by atoms with Gasteiger partial charge in [0.25, 0.3) is 11.4 Å². The van der Waals surface area contributed by atoms with E-state index in [-0.39, 0.29) is 18.0 Å². The number of hydrogen-bond donors (Lipinski definition) is 1. The van der Waals surface area contributed by atoms with Crippen molar-refractivity contribution in [2.45, 2.75) is 20.4 Å². The number of carbonyl (C=O) groups excluding carboxylic acids is 1. The van der Waals surface area contributed by atoms with E-state index in [1.54, 1.807) is 24.3 Å². The summed E-state index contributed by atoms with van der Waals surface area (Å²) in [5, 5.41) is 7.76. The molecule has 1 N–H and O–H groups in total. The summed E-state index contributed by atoms with van der Waals surface area (Å²) in [5.41, 5.74) is 2.85. The highest BCUT2D eigenvalue weighted by molar-refractivity contribution is 7.22. The van der Waals surface area contributed by atoms with Crippen LogP contribution in [0, 0.1) is 13.8 Å². The molecule has 5 aromatic rings. The molecule has 2 aromatic carbocycles. The van der Waals surface area contributed by atoms with Crippen molar-refractivity contribution in [2.24, 2.45) is 0 Å². The minimum Gasteiger partial charge on any atom is -0.333 e. The van der Waals surface area contributed by atoms with Gasteiger partial charge in [0.2, 0.25) is 11.7 Å². The molecule has 0 fully saturated rings. The molecule has 0 aliphatic heterocycles. The minimum atomic E-state index is -0.363. The lowest BCUT2D eigenvalue weighted by molar-refractivity contribution is -0.116. The molecule has 3 heterocycles. The van der Waals surface area contributed by atoms with Gasteiger partial charge in [-0.1, -0.05) is 46.6 Å². The molecule has 0 bridgehead atoms. The highest BCUT2D eigenvalue weighted by atomic mass is 35.5. The van der Waals surface area contributed by atoms with Crippen molar-refractivity contribution < 1.29 is 9.32 Å². The topological polar surface area (TPSA) is 103 Å². The Kier molecular flexibility index (Phi) is 5.72. The van der Waals surface area contributed by atoms with Crippen LogP contribution in [0.25, 0.3) is 32.4 Å². The van der Waals surface area contributed by atoms with Crippen LogP contribution in [-0.2, 0) is 11.3 Å². The molecule has 0 saturated carbocycles. The Morgan fingerprint density at radius 1 is 1.18 bits per heavy atom. The maximum absolute atomic E-state index is 13.2. The fourth-order valence-corrected chi connectivity index (χ4v) is 4.87. The van der Waals surface area contributed by atoms with Crippen molar-refractivity contribution in [3.05, 3.63) is 81.4 Å². The number of halogens is 1. The molecule has 10 heteroatoms. The molecule has 0 spiro atoms. The molecule has 1 amide bonds. The van der Waals surface area contributed by atoms with Crippen LogP contribution in [0.2, 0.25) is 5.02 Å². The zero-order valence-corrected chi connectivity index (χ0v) is 19.8. The van der Waals surface area contributed by atoms with Crippen LogP contribution in [0.4, 0.5) is 5.69 Å². The second-order valence-electron chi connectivity index (χ2n) is 7.77. The monoisotopic (exact) mass is 491 g/mol. The number of benzene rings is 2. The smallest absolute Gasteiger partial charge is 0.268 e. The average molecular weight is 492 g/mol. The van der Waals surface area contributed by atoms with Crippen LogP contribution in [0.3, 0.4) is 0 Å². The van der Waals surface area contributed by atoms with E-state index in [4.69, 9.17) is 16.1 Å². The molecule has 8 nitrogen and oxygen atoms in total. The molecule has 0 aliphatic rings. The van der Waals surface area contributed by atoms with E-state index in [0.717, 1.165) is 11.1 Å². The predicted octanol–water partition coefficient (Wildman–Crippen LogP) is 5.08. The minimum absolute atomic E-state index is 0.184. The van der Waals surface area contributed by atoms with Crippen molar-refractivity contribution >= 4 is 44.7 Å². The van der Waals surface area contributed by atoms with E-state index in [2.05, 4.69) is 20.4 Å². The number of rotatable bonds is 5. The van der Waals surface area contributed by atoms with Crippen molar-refractivity contribution in [3.8, 4) is 22.2 Å². The summed E-state index contributed by atoms with van der Waals surface area (Å²) in [4.78, 5) is 35.8. The number of hydrogen-bond acceptors (Lipinski definition) is 7. The molecule has 34 heavy (non-hydrogen) atoms. The Bertz CT molecular complexity index is 1600. The first-order chi connectivity index (χ1) is 16.4. The van der Waals surface area contributed by atoms with Gasteiger partial charge in [0.05, 0.1) is 16.6 Å². The van der Waals surface area contributed by atoms with E-state index in [1.165, 1.54) is 22.2 Å². The third kappa shape index (κ3) is 4.23. The summed E-state index contributed by atoms with van der Waals surface area (Å²) in [5.74, 6) is 0.429. The lowest BCUT2D eigenvalue weighted by Gasteiger charge is -2.07. The summed E-state index contributed by atoms with van der Waals surface area (Å²) >= 11 is 7.26. The second-order valence-corrected chi connectivity index (χ2v) is 9.20. The van der Waals surface area contributed by atoms with Gasteiger partial charge in [0, 0.05) is 16.3 Å². The Balaban J connectivity index is 1.44. The Morgan fingerprint density at radius 3 is 2.79 bits per heavy atom. The molecule has 0 aliphatic carbocycles. The Morgan fingerprint density at radius 2 is 2.00 bits per heavy atom. The Hall–Kier alpha value is -3.82. The van der Waals surface area contributed by atoms with Crippen LogP contribution in [0.1, 0.15) is 11.1 Å². The maximum atomic E-state index is 13.2. The highest BCUT2D eigenvalue weighted by Crippen LogP contribution is 2.35. The van der Waals surface area contributed by atoms with Gasteiger partial charge < -0.3 is 9.84 Å². The summed E-state index contributed by atoms with van der Waals surface area (Å²) in [7, 11) is 0. The number of aryl methyl sites for hydroxylation is 2. The van der Waals surface area contributed by atoms with E-state index in [0.29, 0.717) is 43.1 Å². The molecular formula is C24H18ClN5O3S. The summed E-state index contributed by atoms with van der Waals surface area (Å²) < 4.78 is 6.78. The lowest BCUT2D eigenvalue weighted by atomic mass is 10.1. The van der Waals surface area contributed by atoms with Gasteiger partial charge in [-0.25, -0.2) is 4.98 Å². The number of nitrogens with zero attached hydrogens (tertiary/aromatic N) is 4. The van der Waals surface area contributed by atoms with Crippen molar-refractivity contribution in [1.29, 1.82) is 0 Å². The van der Waals surface area contributed by atoms with Gasteiger partial charge in [0.1, 0.15) is 11.4 Å². The number of amides is 1. The number of carbonyl (C=O) groups is 1. The normalized spacial score (nSPS) is 11.1. The highest BCUT2D eigenvalue weighted by Gasteiger charge is 2.21. The largest absolute Gasteiger partial charge is 0.333 e. The van der Waals surface area contributed by atoms with Gasteiger partial charge in [-0.15, -0.1) is 11.3 Å². The molecule has 0 saturated heterocycles. The fourth-order valence-electron chi connectivity index (χ4n) is 3.61. The quantitative estimate of drug-likeness (QED) is 0.367. The predicted molar refractivity (Wildman–Crippen MR) is 132 cm³/mol. The zero-order chi connectivity index (χ0) is 23.8. The summed E-state index contributed by atoms with van der Waals surface area (Å²) in [6, 6.07) is 14.6. The SMILES string of the molecule is Cc1cccc(-c2noc(-c3sc4ncn(CC(=O)Nc5cccc(Cl)c5)c(=O)c4c3C)n2)c1. The van der Waals surface area contributed by atoms with E-state index in [9.17, 15) is 9.59 Å². The fraction of sp³-hybridized carbons (Fsp3) is 0.125. The molecule has 3 aromatic heterocycles. The van der Waals surface area contributed by atoms with Gasteiger partial charge in [-0.05, 0) is 43.7 Å². The lowest BCUT2D eigenvalue weighted by Crippen LogP contribution is -2.27. The number of fused-ring (bicyclic) bond motifs is 1. The first-order valence-corrected chi connectivity index (χ1v) is 11.5. The first kappa shape index (κ1) is 22.0. The van der Waals surface area contributed by atoms with E-state index in [1.807, 2.05) is 38.1 Å². The van der Waals surface area contributed by atoms with Crippen LogP contribution < -0.4 is 10.9 Å². The molecule has 0 unspecified atom stereocenters. The number of thiophene rings is 1. The number of nitrogens with one attached hydrogen (secondary N) is 1. The van der Waals surface area contributed by atoms with Crippen LogP contribution in [0.15, 0.2) is 64.2 Å². The van der Waals surface area contributed by atoms with Gasteiger partial charge in [0.15, 0.2) is 0 Å². The van der Waals surface area contributed by atoms with Crippen LogP contribution >= 0.6 is 22.9 Å². The second kappa shape index (κ2) is 8.85. The molecular weight excluding hydrogens is 474 g/mol. The third-order valence-corrected chi connectivity index (χ3v) is 6.66. The molecule has 5 rings (SSSR count). The van der Waals surface area contributed by atoms with Gasteiger partial charge in [-0.3, -0.25) is 14.2 Å². The Labute approximate surface area is 202 Å².